The highest BCUT2D eigenvalue weighted by molar-refractivity contribution is 6.00. The fourth-order valence-corrected chi connectivity index (χ4v) is 3.95. The molecule has 0 aliphatic carbocycles. The van der Waals surface area contributed by atoms with Crippen LogP contribution in [0.5, 0.6) is 5.75 Å². The topological polar surface area (TPSA) is 49.9 Å². The van der Waals surface area contributed by atoms with E-state index in [1.165, 1.54) is 5.56 Å². The van der Waals surface area contributed by atoms with Crippen molar-refractivity contribution in [1.29, 1.82) is 0 Å². The molecule has 0 saturated carbocycles. The number of hydrogen-bond donors (Lipinski definition) is 0. The van der Waals surface area contributed by atoms with Crippen LogP contribution in [0, 0.1) is 20.8 Å². The summed E-state index contributed by atoms with van der Waals surface area (Å²) in [5, 5.41) is 0. The largest absolute Gasteiger partial charge is 0.497 e. The number of piperazine rings is 1. The van der Waals surface area contributed by atoms with Crippen molar-refractivity contribution in [1.82, 2.24) is 9.80 Å². The molecule has 0 spiro atoms. The number of nitrogens with zero attached hydrogens (tertiary/aromatic N) is 2. The van der Waals surface area contributed by atoms with Gasteiger partial charge in [0, 0.05) is 37.3 Å². The van der Waals surface area contributed by atoms with Crippen LogP contribution in [0.3, 0.4) is 0 Å². The van der Waals surface area contributed by atoms with E-state index in [9.17, 15) is 9.59 Å². The number of benzene rings is 2. The number of rotatable bonds is 5. The zero-order chi connectivity index (χ0) is 20.3. The summed E-state index contributed by atoms with van der Waals surface area (Å²) >= 11 is 0. The molecule has 148 valence electrons. The van der Waals surface area contributed by atoms with Gasteiger partial charge in [-0.25, -0.2) is 0 Å². The molecule has 0 atom stereocenters. The Morgan fingerprint density at radius 3 is 2.21 bits per heavy atom. The van der Waals surface area contributed by atoms with Crippen molar-refractivity contribution in [3.8, 4) is 5.75 Å². The molecule has 1 amide bonds. The molecule has 1 heterocycles. The maximum Gasteiger partial charge on any atom is 0.254 e. The molecule has 0 bridgehead atoms. The third-order valence-electron chi connectivity index (χ3n) is 5.30. The van der Waals surface area contributed by atoms with Gasteiger partial charge in [-0.05, 0) is 50.1 Å². The van der Waals surface area contributed by atoms with Gasteiger partial charge in [-0.1, -0.05) is 23.8 Å². The van der Waals surface area contributed by atoms with Crippen LogP contribution in [-0.4, -0.2) is 61.3 Å². The van der Waals surface area contributed by atoms with Gasteiger partial charge < -0.3 is 9.64 Å². The number of carbonyl (C=O) groups excluding carboxylic acids is 2. The number of carbonyl (C=O) groups is 2. The second-order valence-electron chi connectivity index (χ2n) is 7.50. The minimum atomic E-state index is 0.00935. The summed E-state index contributed by atoms with van der Waals surface area (Å²) in [6.45, 7) is 9.08. The summed E-state index contributed by atoms with van der Waals surface area (Å²) in [6.07, 6.45) is 0. The lowest BCUT2D eigenvalue weighted by molar-refractivity contribution is 0.0624. The molecule has 2 aromatic rings. The van der Waals surface area contributed by atoms with Gasteiger partial charge in [0.15, 0.2) is 5.78 Å². The lowest BCUT2D eigenvalue weighted by atomic mass is 9.96. The summed E-state index contributed by atoms with van der Waals surface area (Å²) in [5.41, 5.74) is 4.72. The molecule has 2 aromatic carbocycles. The molecule has 0 radical (unpaired) electrons. The van der Waals surface area contributed by atoms with Crippen molar-refractivity contribution < 1.29 is 14.3 Å². The van der Waals surface area contributed by atoms with Gasteiger partial charge in [-0.15, -0.1) is 0 Å². The number of ketones is 1. The van der Waals surface area contributed by atoms with Gasteiger partial charge in [-0.3, -0.25) is 14.5 Å². The third kappa shape index (κ3) is 4.42. The molecular formula is C23H28N2O3. The summed E-state index contributed by atoms with van der Waals surface area (Å²) < 4.78 is 5.21. The molecule has 0 aromatic heterocycles. The van der Waals surface area contributed by atoms with E-state index in [-0.39, 0.29) is 11.7 Å². The third-order valence-corrected chi connectivity index (χ3v) is 5.30. The van der Waals surface area contributed by atoms with Crippen LogP contribution in [0.1, 0.15) is 37.4 Å². The minimum absolute atomic E-state index is 0.00935. The predicted octanol–water partition coefficient (Wildman–Crippen LogP) is 3.26. The van der Waals surface area contributed by atoms with Crippen molar-refractivity contribution in [2.75, 3.05) is 39.8 Å². The first-order valence-electron chi connectivity index (χ1n) is 9.65. The standard InChI is InChI=1S/C23H28N2O3/c1-16-12-17(2)22(18(3)13-16)21(26)15-24-8-10-25(11-9-24)23(27)19-6-5-7-20(14-19)28-4/h5-7,12-14H,8-11,15H2,1-4H3. The number of Topliss-reactive ketones (excluding diaryl/α,β-unsaturated/α-hetero) is 1. The summed E-state index contributed by atoms with van der Waals surface area (Å²) in [6, 6.07) is 11.4. The molecule has 0 unspecified atom stereocenters. The van der Waals surface area contributed by atoms with E-state index in [0.29, 0.717) is 44.0 Å². The molecular weight excluding hydrogens is 352 g/mol. The van der Waals surface area contributed by atoms with Crippen molar-refractivity contribution in [3.05, 3.63) is 64.2 Å². The Bertz CT molecular complexity index is 860. The summed E-state index contributed by atoms with van der Waals surface area (Å²) in [4.78, 5) is 29.5. The normalized spacial score (nSPS) is 14.8. The fourth-order valence-electron chi connectivity index (χ4n) is 3.95. The lowest BCUT2D eigenvalue weighted by Gasteiger charge is -2.34. The van der Waals surface area contributed by atoms with Crippen LogP contribution >= 0.6 is 0 Å². The van der Waals surface area contributed by atoms with Crippen LogP contribution in [-0.2, 0) is 0 Å². The first-order valence-corrected chi connectivity index (χ1v) is 9.65. The molecule has 1 aliphatic rings. The van der Waals surface area contributed by atoms with Crippen molar-refractivity contribution in [3.63, 3.8) is 0 Å². The molecule has 5 heteroatoms. The summed E-state index contributed by atoms with van der Waals surface area (Å²) in [7, 11) is 1.59. The van der Waals surface area contributed by atoms with Crippen LogP contribution in [0.25, 0.3) is 0 Å². The van der Waals surface area contributed by atoms with E-state index in [1.54, 1.807) is 13.2 Å². The Morgan fingerprint density at radius 2 is 1.61 bits per heavy atom. The quantitative estimate of drug-likeness (QED) is 0.747. The molecule has 28 heavy (non-hydrogen) atoms. The van der Waals surface area contributed by atoms with Crippen LogP contribution in [0.4, 0.5) is 0 Å². The lowest BCUT2D eigenvalue weighted by Crippen LogP contribution is -2.50. The van der Waals surface area contributed by atoms with Crippen LogP contribution in [0.2, 0.25) is 0 Å². The van der Waals surface area contributed by atoms with Crippen LogP contribution in [0.15, 0.2) is 36.4 Å². The van der Waals surface area contributed by atoms with Crippen molar-refractivity contribution in [2.24, 2.45) is 0 Å². The van der Waals surface area contributed by atoms with Gasteiger partial charge in [0.1, 0.15) is 5.75 Å². The maximum absolute atomic E-state index is 12.8. The second-order valence-corrected chi connectivity index (χ2v) is 7.50. The van der Waals surface area contributed by atoms with E-state index in [2.05, 4.69) is 17.0 Å². The molecule has 1 saturated heterocycles. The van der Waals surface area contributed by atoms with E-state index in [1.807, 2.05) is 43.9 Å². The Kier molecular flexibility index (Phi) is 6.15. The van der Waals surface area contributed by atoms with Crippen LogP contribution < -0.4 is 4.74 Å². The van der Waals surface area contributed by atoms with Gasteiger partial charge in [0.05, 0.1) is 13.7 Å². The number of hydrogen-bond acceptors (Lipinski definition) is 4. The zero-order valence-electron chi connectivity index (χ0n) is 17.1. The van der Waals surface area contributed by atoms with Gasteiger partial charge in [-0.2, -0.15) is 0 Å². The molecule has 0 N–H and O–H groups in total. The number of aryl methyl sites for hydroxylation is 3. The molecule has 1 aliphatic heterocycles. The average Bonchev–Trinajstić information content (AvgIpc) is 2.67. The Labute approximate surface area is 166 Å². The van der Waals surface area contributed by atoms with E-state index < -0.39 is 0 Å². The molecule has 3 rings (SSSR count). The highest BCUT2D eigenvalue weighted by Gasteiger charge is 2.24. The molecule has 1 fully saturated rings. The number of ether oxygens (including phenoxy) is 1. The average molecular weight is 380 g/mol. The smallest absolute Gasteiger partial charge is 0.254 e. The fraction of sp³-hybridized carbons (Fsp3) is 0.391. The maximum atomic E-state index is 12.8. The SMILES string of the molecule is COc1cccc(C(=O)N2CCN(CC(=O)c3c(C)cc(C)cc3C)CC2)c1. The summed E-state index contributed by atoms with van der Waals surface area (Å²) in [5.74, 6) is 0.844. The first-order chi connectivity index (χ1) is 13.4. The van der Waals surface area contributed by atoms with Crippen molar-refractivity contribution >= 4 is 11.7 Å². The minimum Gasteiger partial charge on any atom is -0.497 e. The Hall–Kier alpha value is -2.66. The predicted molar refractivity (Wildman–Crippen MR) is 110 cm³/mol. The van der Waals surface area contributed by atoms with Gasteiger partial charge >= 0.3 is 0 Å². The highest BCUT2D eigenvalue weighted by atomic mass is 16.5. The van der Waals surface area contributed by atoms with Gasteiger partial charge in [0.2, 0.25) is 0 Å². The van der Waals surface area contributed by atoms with Crippen molar-refractivity contribution in [2.45, 2.75) is 20.8 Å². The number of methoxy groups -OCH3 is 1. The van der Waals surface area contributed by atoms with E-state index >= 15 is 0 Å². The first kappa shape index (κ1) is 20.1. The van der Waals surface area contributed by atoms with E-state index in [0.717, 1.165) is 16.7 Å². The highest BCUT2D eigenvalue weighted by Crippen LogP contribution is 2.19. The van der Waals surface area contributed by atoms with Gasteiger partial charge in [0.25, 0.3) is 5.91 Å². The number of amides is 1. The zero-order valence-corrected chi connectivity index (χ0v) is 17.1. The van der Waals surface area contributed by atoms with E-state index in [4.69, 9.17) is 4.74 Å². The molecule has 5 nitrogen and oxygen atoms in total. The second kappa shape index (κ2) is 8.57. The Balaban J connectivity index is 1.60. The monoisotopic (exact) mass is 380 g/mol. The Morgan fingerprint density at radius 1 is 0.964 bits per heavy atom.